The number of anilines is 1. The molecule has 0 amide bonds. The molecule has 3 aromatic rings. The summed E-state index contributed by atoms with van der Waals surface area (Å²) in [6.07, 6.45) is 3.48. The highest BCUT2D eigenvalue weighted by atomic mass is 16.5. The van der Waals surface area contributed by atoms with Gasteiger partial charge in [-0.15, -0.1) is 10.2 Å². The van der Waals surface area contributed by atoms with Gasteiger partial charge in [0.05, 0.1) is 38.3 Å². The third-order valence-corrected chi connectivity index (χ3v) is 4.01. The van der Waals surface area contributed by atoms with Crippen molar-refractivity contribution >= 4 is 11.8 Å². The van der Waals surface area contributed by atoms with E-state index in [1.807, 2.05) is 6.20 Å². The molecule has 0 radical (unpaired) electrons. The molecule has 2 aromatic heterocycles. The lowest BCUT2D eigenvalue weighted by molar-refractivity contribution is -0.142. The van der Waals surface area contributed by atoms with E-state index >= 15 is 0 Å². The number of phenols is 1. The van der Waals surface area contributed by atoms with Crippen molar-refractivity contribution in [3.63, 3.8) is 0 Å². The van der Waals surface area contributed by atoms with Crippen LogP contribution < -0.4 is 5.73 Å². The minimum Gasteiger partial charge on any atom is -0.507 e. The number of aromatic nitrogens is 4. The topological polar surface area (TPSA) is 146 Å². The highest BCUT2D eigenvalue weighted by molar-refractivity contribution is 5.78. The molecule has 29 heavy (non-hydrogen) atoms. The van der Waals surface area contributed by atoms with Crippen LogP contribution in [0.25, 0.3) is 22.4 Å². The summed E-state index contributed by atoms with van der Waals surface area (Å²) in [4.78, 5) is 10.3. The van der Waals surface area contributed by atoms with Gasteiger partial charge < -0.3 is 25.4 Å². The number of carboxylic acid groups (broad SMARTS) is 1. The number of ether oxygens (including phenoxy) is 2. The quantitative estimate of drug-likeness (QED) is 0.431. The fourth-order valence-corrected chi connectivity index (χ4v) is 2.62. The summed E-state index contributed by atoms with van der Waals surface area (Å²) < 4.78 is 12.0. The van der Waals surface area contributed by atoms with Crippen molar-refractivity contribution in [3.05, 3.63) is 42.7 Å². The van der Waals surface area contributed by atoms with Gasteiger partial charge in [0.2, 0.25) is 0 Å². The van der Waals surface area contributed by atoms with Crippen molar-refractivity contribution in [1.29, 1.82) is 0 Å². The Morgan fingerprint density at radius 2 is 1.90 bits per heavy atom. The average molecular weight is 399 g/mol. The van der Waals surface area contributed by atoms with Crippen LogP contribution in [0.15, 0.2) is 42.7 Å². The van der Waals surface area contributed by atoms with Gasteiger partial charge in [-0.1, -0.05) is 12.1 Å². The lowest BCUT2D eigenvalue weighted by Crippen LogP contribution is -2.13. The molecular formula is C19H21N5O5. The fourth-order valence-electron chi connectivity index (χ4n) is 2.62. The lowest BCUT2D eigenvalue weighted by Gasteiger charge is -2.07. The van der Waals surface area contributed by atoms with Crippen molar-refractivity contribution in [1.82, 2.24) is 20.0 Å². The summed E-state index contributed by atoms with van der Waals surface area (Å²) in [5.74, 6) is -0.641. The molecule has 10 heteroatoms. The van der Waals surface area contributed by atoms with Crippen LogP contribution in [0.2, 0.25) is 0 Å². The van der Waals surface area contributed by atoms with Crippen LogP contribution >= 0.6 is 0 Å². The van der Waals surface area contributed by atoms with Crippen molar-refractivity contribution < 1.29 is 24.5 Å². The highest BCUT2D eigenvalue weighted by Crippen LogP contribution is 2.31. The number of para-hydroxylation sites is 1. The smallest absolute Gasteiger partial charge is 0.329 e. The van der Waals surface area contributed by atoms with Crippen LogP contribution in [-0.2, 0) is 20.8 Å². The van der Waals surface area contributed by atoms with E-state index in [4.69, 9.17) is 20.3 Å². The second-order valence-corrected chi connectivity index (χ2v) is 6.10. The van der Waals surface area contributed by atoms with Gasteiger partial charge in [0.15, 0.2) is 5.82 Å². The van der Waals surface area contributed by atoms with Gasteiger partial charge in [0, 0.05) is 22.9 Å². The zero-order valence-corrected chi connectivity index (χ0v) is 15.6. The first-order chi connectivity index (χ1) is 14.0. The molecule has 0 aliphatic rings. The highest BCUT2D eigenvalue weighted by Gasteiger charge is 2.12. The standard InChI is InChI=1S/C19H21N5O5/c20-19-15(9-16(22-23-19)14-3-1-2-4-17(14)25)13-10-21-24(11-13)5-6-28-7-8-29-12-18(26)27/h1-4,9-11,25H,5-8,12H2,(H2,20,23)(H,26,27). The van der Waals surface area contributed by atoms with E-state index < -0.39 is 5.97 Å². The molecule has 3 rings (SSSR count). The number of aromatic hydroxyl groups is 1. The number of nitrogens with two attached hydrogens (primary N) is 1. The van der Waals surface area contributed by atoms with E-state index in [2.05, 4.69) is 15.3 Å². The van der Waals surface area contributed by atoms with Crippen molar-refractivity contribution in [2.45, 2.75) is 6.54 Å². The maximum absolute atomic E-state index is 10.3. The van der Waals surface area contributed by atoms with Crippen LogP contribution in [0, 0.1) is 0 Å². The van der Waals surface area contributed by atoms with E-state index in [9.17, 15) is 9.90 Å². The Bertz CT molecular complexity index is 975. The number of benzene rings is 1. The number of hydrogen-bond acceptors (Lipinski definition) is 8. The Hall–Kier alpha value is -3.50. The molecule has 0 spiro atoms. The van der Waals surface area contributed by atoms with E-state index in [1.165, 1.54) is 0 Å². The minimum atomic E-state index is -1.01. The van der Waals surface area contributed by atoms with Crippen LogP contribution in [0.4, 0.5) is 5.82 Å². The number of nitrogens with zero attached hydrogens (tertiary/aromatic N) is 4. The van der Waals surface area contributed by atoms with Crippen molar-refractivity contribution in [2.24, 2.45) is 0 Å². The number of hydrogen-bond donors (Lipinski definition) is 3. The van der Waals surface area contributed by atoms with E-state index in [-0.39, 0.29) is 24.8 Å². The molecular weight excluding hydrogens is 378 g/mol. The zero-order chi connectivity index (χ0) is 20.6. The van der Waals surface area contributed by atoms with Crippen LogP contribution in [0.1, 0.15) is 0 Å². The van der Waals surface area contributed by atoms with Gasteiger partial charge >= 0.3 is 5.97 Å². The van der Waals surface area contributed by atoms with Crippen LogP contribution in [0.3, 0.4) is 0 Å². The Labute approximate surface area is 166 Å². The first-order valence-electron chi connectivity index (χ1n) is 8.86. The number of rotatable bonds is 10. The first-order valence-corrected chi connectivity index (χ1v) is 8.86. The summed E-state index contributed by atoms with van der Waals surface area (Å²) >= 11 is 0. The predicted molar refractivity (Wildman–Crippen MR) is 104 cm³/mol. The number of phenolic OH excluding ortho intramolecular Hbond substituents is 1. The Morgan fingerprint density at radius 3 is 2.69 bits per heavy atom. The molecule has 0 atom stereocenters. The molecule has 10 nitrogen and oxygen atoms in total. The summed E-state index contributed by atoms with van der Waals surface area (Å²) in [6, 6.07) is 8.62. The molecule has 1 aromatic carbocycles. The first kappa shape index (κ1) is 20.2. The Balaban J connectivity index is 1.61. The second-order valence-electron chi connectivity index (χ2n) is 6.10. The fraction of sp³-hybridized carbons (Fsp3) is 0.263. The normalized spacial score (nSPS) is 10.9. The molecule has 2 heterocycles. The Morgan fingerprint density at radius 1 is 1.10 bits per heavy atom. The van der Waals surface area contributed by atoms with Crippen molar-refractivity contribution in [2.75, 3.05) is 32.2 Å². The maximum Gasteiger partial charge on any atom is 0.329 e. The van der Waals surface area contributed by atoms with Gasteiger partial charge in [-0.25, -0.2) is 4.79 Å². The molecule has 0 saturated carbocycles. The average Bonchev–Trinajstić information content (AvgIpc) is 3.16. The molecule has 0 unspecified atom stereocenters. The van der Waals surface area contributed by atoms with Gasteiger partial charge in [-0.05, 0) is 18.2 Å². The number of aliphatic carboxylic acids is 1. The van der Waals surface area contributed by atoms with E-state index in [0.29, 0.717) is 36.6 Å². The number of carboxylic acids is 1. The van der Waals surface area contributed by atoms with Crippen LogP contribution in [0.5, 0.6) is 5.75 Å². The van der Waals surface area contributed by atoms with Gasteiger partial charge in [-0.2, -0.15) is 5.10 Å². The third kappa shape index (κ3) is 5.50. The predicted octanol–water partition coefficient (Wildman–Crippen LogP) is 1.41. The molecule has 4 N–H and O–H groups in total. The SMILES string of the molecule is Nc1nnc(-c2ccccc2O)cc1-c1cnn(CCOCCOCC(=O)O)c1. The Kier molecular flexibility index (Phi) is 6.72. The maximum atomic E-state index is 10.3. The lowest BCUT2D eigenvalue weighted by atomic mass is 10.1. The van der Waals surface area contributed by atoms with Gasteiger partial charge in [0.25, 0.3) is 0 Å². The number of carbonyl (C=O) groups is 1. The summed E-state index contributed by atoms with van der Waals surface area (Å²) in [7, 11) is 0. The molecule has 0 fully saturated rings. The molecule has 152 valence electrons. The number of nitrogen functional groups attached to an aromatic ring is 1. The summed E-state index contributed by atoms with van der Waals surface area (Å²) in [6.45, 7) is 1.07. The molecule has 0 bridgehead atoms. The second kappa shape index (κ2) is 9.62. The summed E-state index contributed by atoms with van der Waals surface area (Å²) in [5.41, 5.74) is 8.47. The van der Waals surface area contributed by atoms with Gasteiger partial charge in [-0.3, -0.25) is 4.68 Å². The molecule has 0 aliphatic heterocycles. The summed E-state index contributed by atoms with van der Waals surface area (Å²) in [5, 5.41) is 30.9. The molecule has 0 saturated heterocycles. The molecule has 0 aliphatic carbocycles. The zero-order valence-electron chi connectivity index (χ0n) is 15.6. The third-order valence-electron chi connectivity index (χ3n) is 4.01. The largest absolute Gasteiger partial charge is 0.507 e. The van der Waals surface area contributed by atoms with Crippen LogP contribution in [-0.4, -0.2) is 62.6 Å². The van der Waals surface area contributed by atoms with Crippen molar-refractivity contribution in [3.8, 4) is 28.1 Å². The van der Waals surface area contributed by atoms with E-state index in [0.717, 1.165) is 5.56 Å². The minimum absolute atomic E-state index is 0.109. The van der Waals surface area contributed by atoms with E-state index in [1.54, 1.807) is 41.2 Å². The van der Waals surface area contributed by atoms with Gasteiger partial charge in [0.1, 0.15) is 12.4 Å². The monoisotopic (exact) mass is 399 g/mol.